The number of benzene rings is 2. The fraction of sp³-hybridized carbons (Fsp3) is 0.0588. The van der Waals surface area contributed by atoms with Crippen LogP contribution in [0.15, 0.2) is 54.6 Å². The lowest BCUT2D eigenvalue weighted by molar-refractivity contribution is 0.0963. The Hall–Kier alpha value is -2.95. The number of rotatable bonds is 3. The monoisotopic (exact) mass is 295 g/mol. The molecular formula is C17H14FN3O. The number of aryl methyl sites for hydroxylation is 1. The molecule has 1 heterocycles. The molecule has 0 aliphatic carbocycles. The molecule has 2 aromatic carbocycles. The maximum absolute atomic E-state index is 12.8. The molecule has 2 N–H and O–H groups in total. The minimum absolute atomic E-state index is 0.271. The summed E-state index contributed by atoms with van der Waals surface area (Å²) in [7, 11) is 0. The molecule has 5 heteroatoms. The molecule has 0 unspecified atom stereocenters. The van der Waals surface area contributed by atoms with Gasteiger partial charge in [-0.05, 0) is 55.5 Å². The SMILES string of the molecule is Cc1ccc2cc(C(=O)NNc3ccc(F)cc3)ccc2n1. The van der Waals surface area contributed by atoms with E-state index >= 15 is 0 Å². The van der Waals surface area contributed by atoms with Gasteiger partial charge >= 0.3 is 0 Å². The van der Waals surface area contributed by atoms with E-state index in [1.165, 1.54) is 12.1 Å². The first-order valence-corrected chi connectivity index (χ1v) is 6.81. The minimum atomic E-state index is -0.325. The zero-order valence-corrected chi connectivity index (χ0v) is 11.9. The number of halogens is 1. The van der Waals surface area contributed by atoms with Crippen molar-refractivity contribution in [2.24, 2.45) is 0 Å². The lowest BCUT2D eigenvalue weighted by atomic mass is 10.1. The summed E-state index contributed by atoms with van der Waals surface area (Å²) >= 11 is 0. The van der Waals surface area contributed by atoms with Gasteiger partial charge in [0.05, 0.1) is 11.2 Å². The lowest BCUT2D eigenvalue weighted by Crippen LogP contribution is -2.29. The van der Waals surface area contributed by atoms with Crippen LogP contribution in [0.5, 0.6) is 0 Å². The summed E-state index contributed by atoms with van der Waals surface area (Å²) in [5.74, 6) is -0.596. The number of fused-ring (bicyclic) bond motifs is 1. The van der Waals surface area contributed by atoms with E-state index in [-0.39, 0.29) is 11.7 Å². The molecule has 1 aromatic heterocycles. The van der Waals surface area contributed by atoms with Crippen LogP contribution in [-0.4, -0.2) is 10.9 Å². The molecule has 0 saturated heterocycles. The molecule has 0 radical (unpaired) electrons. The first-order chi connectivity index (χ1) is 10.6. The van der Waals surface area contributed by atoms with Gasteiger partial charge in [0.2, 0.25) is 0 Å². The van der Waals surface area contributed by atoms with Crippen LogP contribution in [0.4, 0.5) is 10.1 Å². The Kier molecular flexibility index (Phi) is 3.70. The molecule has 3 rings (SSSR count). The second-order valence-electron chi connectivity index (χ2n) is 4.95. The van der Waals surface area contributed by atoms with Crippen LogP contribution in [0.3, 0.4) is 0 Å². The summed E-state index contributed by atoms with van der Waals surface area (Å²) in [5.41, 5.74) is 8.23. The Bertz CT molecular complexity index is 831. The zero-order valence-electron chi connectivity index (χ0n) is 11.9. The highest BCUT2D eigenvalue weighted by Gasteiger charge is 2.06. The van der Waals surface area contributed by atoms with Crippen molar-refractivity contribution in [1.29, 1.82) is 0 Å². The smallest absolute Gasteiger partial charge is 0.269 e. The van der Waals surface area contributed by atoms with Gasteiger partial charge in [0, 0.05) is 16.6 Å². The quantitative estimate of drug-likeness (QED) is 0.728. The second kappa shape index (κ2) is 5.81. The van der Waals surface area contributed by atoms with Gasteiger partial charge in [-0.1, -0.05) is 6.07 Å². The summed E-state index contributed by atoms with van der Waals surface area (Å²) in [6.45, 7) is 1.92. The fourth-order valence-corrected chi connectivity index (χ4v) is 2.10. The van der Waals surface area contributed by atoms with Crippen molar-refractivity contribution in [1.82, 2.24) is 10.4 Å². The van der Waals surface area contributed by atoms with Gasteiger partial charge in [0.1, 0.15) is 5.82 Å². The van der Waals surface area contributed by atoms with Crippen LogP contribution in [-0.2, 0) is 0 Å². The Morgan fingerprint density at radius 1 is 1.05 bits per heavy atom. The van der Waals surface area contributed by atoms with Gasteiger partial charge in [-0.3, -0.25) is 20.6 Å². The van der Waals surface area contributed by atoms with Crippen molar-refractivity contribution in [3.05, 3.63) is 71.7 Å². The molecule has 0 aliphatic heterocycles. The Balaban J connectivity index is 1.74. The molecular weight excluding hydrogens is 281 g/mol. The van der Waals surface area contributed by atoms with Crippen molar-refractivity contribution in [2.45, 2.75) is 6.92 Å². The minimum Gasteiger partial charge on any atom is -0.298 e. The number of nitrogens with one attached hydrogen (secondary N) is 2. The van der Waals surface area contributed by atoms with E-state index in [0.29, 0.717) is 11.3 Å². The first-order valence-electron chi connectivity index (χ1n) is 6.81. The molecule has 0 aliphatic rings. The van der Waals surface area contributed by atoms with Crippen molar-refractivity contribution < 1.29 is 9.18 Å². The first kappa shape index (κ1) is 14.0. The third-order valence-electron chi connectivity index (χ3n) is 3.26. The van der Waals surface area contributed by atoms with Gasteiger partial charge in [-0.15, -0.1) is 0 Å². The van der Waals surface area contributed by atoms with E-state index < -0.39 is 0 Å². The third kappa shape index (κ3) is 3.03. The van der Waals surface area contributed by atoms with Gasteiger partial charge < -0.3 is 0 Å². The lowest BCUT2D eigenvalue weighted by Gasteiger charge is -2.09. The van der Waals surface area contributed by atoms with E-state index in [9.17, 15) is 9.18 Å². The van der Waals surface area contributed by atoms with Crippen LogP contribution in [0.2, 0.25) is 0 Å². The highest BCUT2D eigenvalue weighted by atomic mass is 19.1. The number of nitrogens with zero attached hydrogens (tertiary/aromatic N) is 1. The topological polar surface area (TPSA) is 54.0 Å². The molecule has 22 heavy (non-hydrogen) atoms. The van der Waals surface area contributed by atoms with E-state index in [2.05, 4.69) is 15.8 Å². The van der Waals surface area contributed by atoms with Gasteiger partial charge in [0.25, 0.3) is 5.91 Å². The molecule has 0 saturated carbocycles. The fourth-order valence-electron chi connectivity index (χ4n) is 2.10. The standard InChI is InChI=1S/C17H14FN3O/c1-11-2-3-12-10-13(4-9-16(12)19-11)17(22)21-20-15-7-5-14(18)6-8-15/h2-10,20H,1H3,(H,21,22). The molecule has 3 aromatic rings. The number of aromatic nitrogens is 1. The average molecular weight is 295 g/mol. The number of carbonyl (C=O) groups is 1. The summed E-state index contributed by atoms with van der Waals surface area (Å²) < 4.78 is 12.8. The molecule has 0 atom stereocenters. The predicted molar refractivity (Wildman–Crippen MR) is 84.0 cm³/mol. The molecule has 1 amide bonds. The number of hydrazine groups is 1. The molecule has 0 spiro atoms. The largest absolute Gasteiger partial charge is 0.298 e. The summed E-state index contributed by atoms with van der Waals surface area (Å²) in [4.78, 5) is 16.5. The van der Waals surface area contributed by atoms with Crippen LogP contribution in [0.1, 0.15) is 16.1 Å². The van der Waals surface area contributed by atoms with E-state index in [1.807, 2.05) is 25.1 Å². The molecule has 110 valence electrons. The molecule has 4 nitrogen and oxygen atoms in total. The van der Waals surface area contributed by atoms with Crippen molar-refractivity contribution in [2.75, 3.05) is 5.43 Å². The van der Waals surface area contributed by atoms with E-state index in [0.717, 1.165) is 16.6 Å². The highest BCUT2D eigenvalue weighted by Crippen LogP contribution is 2.15. The number of pyridine rings is 1. The van der Waals surface area contributed by atoms with Crippen molar-refractivity contribution in [3.63, 3.8) is 0 Å². The Labute approximate surface area is 127 Å². The van der Waals surface area contributed by atoms with Gasteiger partial charge in [-0.25, -0.2) is 4.39 Å². The van der Waals surface area contributed by atoms with Crippen LogP contribution >= 0.6 is 0 Å². The van der Waals surface area contributed by atoms with Crippen molar-refractivity contribution >= 4 is 22.5 Å². The predicted octanol–water partition coefficient (Wildman–Crippen LogP) is 3.44. The summed E-state index contributed by atoms with van der Waals surface area (Å²) in [6.07, 6.45) is 0. The average Bonchev–Trinajstić information content (AvgIpc) is 2.53. The highest BCUT2D eigenvalue weighted by molar-refractivity contribution is 5.98. The number of hydrogen-bond acceptors (Lipinski definition) is 3. The number of amides is 1. The van der Waals surface area contributed by atoms with Crippen LogP contribution < -0.4 is 10.9 Å². The Morgan fingerprint density at radius 3 is 2.59 bits per heavy atom. The third-order valence-corrected chi connectivity index (χ3v) is 3.26. The summed E-state index contributed by atoms with van der Waals surface area (Å²) in [6, 6.07) is 14.9. The zero-order chi connectivity index (χ0) is 15.5. The van der Waals surface area contributed by atoms with Gasteiger partial charge in [-0.2, -0.15) is 0 Å². The summed E-state index contributed by atoms with van der Waals surface area (Å²) in [5, 5.41) is 0.903. The number of hydrogen-bond donors (Lipinski definition) is 2. The van der Waals surface area contributed by atoms with E-state index in [4.69, 9.17) is 0 Å². The van der Waals surface area contributed by atoms with Gasteiger partial charge in [0.15, 0.2) is 0 Å². The maximum atomic E-state index is 12.8. The molecule has 0 fully saturated rings. The van der Waals surface area contributed by atoms with Crippen LogP contribution in [0.25, 0.3) is 10.9 Å². The number of anilines is 1. The molecule has 0 bridgehead atoms. The second-order valence-corrected chi connectivity index (χ2v) is 4.95. The van der Waals surface area contributed by atoms with E-state index in [1.54, 1.807) is 24.3 Å². The normalized spacial score (nSPS) is 10.5. The number of carbonyl (C=O) groups excluding carboxylic acids is 1. The van der Waals surface area contributed by atoms with Crippen molar-refractivity contribution in [3.8, 4) is 0 Å². The van der Waals surface area contributed by atoms with Crippen LogP contribution in [0, 0.1) is 12.7 Å². The Morgan fingerprint density at radius 2 is 1.82 bits per heavy atom. The maximum Gasteiger partial charge on any atom is 0.269 e.